The second-order valence-corrected chi connectivity index (χ2v) is 3.69. The third kappa shape index (κ3) is 1.17. The summed E-state index contributed by atoms with van der Waals surface area (Å²) in [5, 5.41) is 9.50. The van der Waals surface area contributed by atoms with Gasteiger partial charge in [-0.1, -0.05) is 16.6 Å². The standard InChI is InChI=1S/C12H8N2O3/c15-12(16)14(11-13-6-8-17-11)7-5-9-3-1-2-4-10(9)14/h1-8H/p+1. The van der Waals surface area contributed by atoms with Crippen LogP contribution in [0.5, 0.6) is 0 Å². The molecule has 1 aromatic carbocycles. The highest BCUT2D eigenvalue weighted by Crippen LogP contribution is 2.42. The molecule has 1 unspecified atom stereocenters. The number of benzene rings is 1. The molecule has 84 valence electrons. The molecule has 1 aliphatic rings. The highest BCUT2D eigenvalue weighted by molar-refractivity contribution is 5.95. The molecular formula is C12H9N2O3+. The van der Waals surface area contributed by atoms with Crippen molar-refractivity contribution in [3.8, 4) is 0 Å². The molecule has 5 heteroatoms. The molecule has 5 nitrogen and oxygen atoms in total. The number of carboxylic acid groups (broad SMARTS) is 1. The van der Waals surface area contributed by atoms with Gasteiger partial charge in [0.15, 0.2) is 5.69 Å². The first-order chi connectivity index (χ1) is 8.25. The Hall–Kier alpha value is -2.40. The van der Waals surface area contributed by atoms with E-state index in [1.165, 1.54) is 12.5 Å². The fourth-order valence-electron chi connectivity index (χ4n) is 2.03. The molecule has 1 atom stereocenters. The van der Waals surface area contributed by atoms with E-state index in [1.807, 2.05) is 12.1 Å². The zero-order valence-corrected chi connectivity index (χ0v) is 8.78. The SMILES string of the molecule is O=C(O)[N+]1(c2ncco2)C=Cc2ccccc21. The highest BCUT2D eigenvalue weighted by atomic mass is 16.4. The van der Waals surface area contributed by atoms with Crippen molar-refractivity contribution in [3.63, 3.8) is 0 Å². The molecule has 0 radical (unpaired) electrons. The smallest absolute Gasteiger partial charge is 0.434 e. The summed E-state index contributed by atoms with van der Waals surface area (Å²) in [6, 6.07) is 7.40. The number of oxazole rings is 1. The van der Waals surface area contributed by atoms with Crippen LogP contribution in [-0.2, 0) is 0 Å². The number of carbonyl (C=O) groups is 1. The number of fused-ring (bicyclic) bond motifs is 1. The van der Waals surface area contributed by atoms with Crippen molar-refractivity contribution < 1.29 is 14.3 Å². The van der Waals surface area contributed by atoms with Crippen LogP contribution in [0.4, 0.5) is 16.5 Å². The van der Waals surface area contributed by atoms with Crippen LogP contribution >= 0.6 is 0 Å². The first kappa shape index (κ1) is 9.80. The number of nitrogens with zero attached hydrogens (tertiary/aromatic N) is 2. The average Bonchev–Trinajstić information content (AvgIpc) is 2.96. The Bertz CT molecular complexity index is 604. The van der Waals surface area contributed by atoms with Crippen LogP contribution in [0.2, 0.25) is 0 Å². The molecular weight excluding hydrogens is 220 g/mol. The van der Waals surface area contributed by atoms with Gasteiger partial charge in [0.25, 0.3) is 0 Å². The van der Waals surface area contributed by atoms with Crippen molar-refractivity contribution in [2.24, 2.45) is 0 Å². The van der Waals surface area contributed by atoms with Gasteiger partial charge in [-0.3, -0.25) is 0 Å². The summed E-state index contributed by atoms with van der Waals surface area (Å²) in [6.07, 6.45) is 5.07. The van der Waals surface area contributed by atoms with E-state index in [4.69, 9.17) is 4.42 Å². The fraction of sp³-hybridized carbons (Fsp3) is 0. The highest BCUT2D eigenvalue weighted by Gasteiger charge is 2.49. The van der Waals surface area contributed by atoms with Gasteiger partial charge >= 0.3 is 12.1 Å². The van der Waals surface area contributed by atoms with Crippen LogP contribution < -0.4 is 4.48 Å². The van der Waals surface area contributed by atoms with Crippen molar-refractivity contribution in [2.45, 2.75) is 0 Å². The lowest BCUT2D eigenvalue weighted by Crippen LogP contribution is -2.42. The van der Waals surface area contributed by atoms with Crippen LogP contribution in [0.25, 0.3) is 6.08 Å². The molecule has 2 heterocycles. The number of amides is 1. The van der Waals surface area contributed by atoms with Gasteiger partial charge in [-0.05, 0) is 6.07 Å². The summed E-state index contributed by atoms with van der Waals surface area (Å²) in [7, 11) is 0. The maximum Gasteiger partial charge on any atom is 0.532 e. The Morgan fingerprint density at radius 1 is 1.35 bits per heavy atom. The monoisotopic (exact) mass is 229 g/mol. The van der Waals surface area contributed by atoms with Gasteiger partial charge in [0, 0.05) is 17.7 Å². The predicted octanol–water partition coefficient (Wildman–Crippen LogP) is 2.98. The Morgan fingerprint density at radius 2 is 2.18 bits per heavy atom. The van der Waals surface area contributed by atoms with Gasteiger partial charge < -0.3 is 9.52 Å². The Balaban J connectivity index is 2.30. The van der Waals surface area contributed by atoms with Crippen LogP contribution in [0, 0.1) is 0 Å². The Morgan fingerprint density at radius 3 is 2.88 bits per heavy atom. The zero-order chi connectivity index (χ0) is 11.9. The third-order valence-electron chi connectivity index (χ3n) is 2.82. The van der Waals surface area contributed by atoms with E-state index >= 15 is 0 Å². The predicted molar refractivity (Wildman–Crippen MR) is 61.5 cm³/mol. The summed E-state index contributed by atoms with van der Waals surface area (Å²) < 4.78 is 4.64. The molecule has 1 N–H and O–H groups in total. The van der Waals surface area contributed by atoms with E-state index in [-0.39, 0.29) is 6.01 Å². The van der Waals surface area contributed by atoms with E-state index in [9.17, 15) is 9.90 Å². The number of rotatable bonds is 1. The van der Waals surface area contributed by atoms with Crippen LogP contribution in [-0.4, -0.2) is 16.2 Å². The van der Waals surface area contributed by atoms with Gasteiger partial charge in [-0.2, -0.15) is 9.78 Å². The average molecular weight is 229 g/mol. The molecule has 0 bridgehead atoms. The molecule has 2 aromatic rings. The normalized spacial score (nSPS) is 21.4. The summed E-state index contributed by atoms with van der Waals surface area (Å²) in [5.74, 6) is 0. The van der Waals surface area contributed by atoms with E-state index < -0.39 is 10.6 Å². The summed E-state index contributed by atoms with van der Waals surface area (Å²) in [4.78, 5) is 15.6. The zero-order valence-electron chi connectivity index (χ0n) is 8.78. The summed E-state index contributed by atoms with van der Waals surface area (Å²) >= 11 is 0. The van der Waals surface area contributed by atoms with E-state index in [0.29, 0.717) is 5.69 Å². The van der Waals surface area contributed by atoms with E-state index in [1.54, 1.807) is 24.4 Å². The topological polar surface area (TPSA) is 63.3 Å². The first-order valence-electron chi connectivity index (χ1n) is 5.06. The van der Waals surface area contributed by atoms with Crippen molar-refractivity contribution in [1.82, 2.24) is 9.47 Å². The maximum absolute atomic E-state index is 11.6. The molecule has 1 amide bonds. The molecule has 0 spiro atoms. The fourth-order valence-corrected chi connectivity index (χ4v) is 2.03. The first-order valence-corrected chi connectivity index (χ1v) is 5.06. The lowest BCUT2D eigenvalue weighted by molar-refractivity contribution is 0.172. The van der Waals surface area contributed by atoms with Gasteiger partial charge in [-0.25, -0.2) is 0 Å². The number of para-hydroxylation sites is 1. The number of hydrogen-bond donors (Lipinski definition) is 1. The largest absolute Gasteiger partial charge is 0.532 e. The van der Waals surface area contributed by atoms with Crippen molar-refractivity contribution in [2.75, 3.05) is 0 Å². The minimum absolute atomic E-state index is 0.124. The lowest BCUT2D eigenvalue weighted by Gasteiger charge is -2.20. The van der Waals surface area contributed by atoms with E-state index in [0.717, 1.165) is 5.56 Å². The summed E-state index contributed by atoms with van der Waals surface area (Å²) in [6.45, 7) is 0. The minimum Gasteiger partial charge on any atom is -0.434 e. The molecule has 1 aliphatic heterocycles. The van der Waals surface area contributed by atoms with E-state index in [2.05, 4.69) is 4.98 Å². The van der Waals surface area contributed by atoms with Gasteiger partial charge in [0.2, 0.25) is 0 Å². The Labute approximate surface area is 96.8 Å². The summed E-state index contributed by atoms with van der Waals surface area (Å²) in [5.41, 5.74) is 1.48. The third-order valence-corrected chi connectivity index (χ3v) is 2.82. The van der Waals surface area contributed by atoms with Crippen LogP contribution in [0.3, 0.4) is 0 Å². The number of aromatic nitrogens is 1. The quantitative estimate of drug-likeness (QED) is 0.763. The molecule has 17 heavy (non-hydrogen) atoms. The van der Waals surface area contributed by atoms with Crippen molar-refractivity contribution in [1.29, 1.82) is 0 Å². The van der Waals surface area contributed by atoms with Crippen molar-refractivity contribution in [3.05, 3.63) is 48.5 Å². The second kappa shape index (κ2) is 3.29. The number of hydrogen-bond acceptors (Lipinski definition) is 3. The van der Waals surface area contributed by atoms with Gasteiger partial charge in [-0.15, -0.1) is 0 Å². The van der Waals surface area contributed by atoms with Crippen LogP contribution in [0.15, 0.2) is 47.3 Å². The second-order valence-electron chi connectivity index (χ2n) is 3.69. The molecule has 0 saturated carbocycles. The lowest BCUT2D eigenvalue weighted by atomic mass is 10.2. The van der Waals surface area contributed by atoms with Crippen LogP contribution in [0.1, 0.15) is 5.56 Å². The molecule has 0 fully saturated rings. The molecule has 3 rings (SSSR count). The Kier molecular flexibility index (Phi) is 1.90. The molecule has 1 aromatic heterocycles. The van der Waals surface area contributed by atoms with Gasteiger partial charge in [0.05, 0.1) is 6.20 Å². The number of quaternary nitrogens is 1. The minimum atomic E-state index is -1.05. The van der Waals surface area contributed by atoms with Gasteiger partial charge in [0.1, 0.15) is 12.5 Å². The maximum atomic E-state index is 11.6. The van der Waals surface area contributed by atoms with Crippen molar-refractivity contribution >= 4 is 23.9 Å². The molecule has 0 aliphatic carbocycles. The molecule has 0 saturated heterocycles.